The van der Waals surface area contributed by atoms with Gasteiger partial charge in [0.1, 0.15) is 18.3 Å². The second kappa shape index (κ2) is 7.89. The Kier molecular flexibility index (Phi) is 5.08. The van der Waals surface area contributed by atoms with Crippen molar-refractivity contribution in [3.8, 4) is 0 Å². The number of imidazole rings is 1. The van der Waals surface area contributed by atoms with E-state index >= 15 is 0 Å². The van der Waals surface area contributed by atoms with Crippen LogP contribution in [-0.4, -0.2) is 72.8 Å². The molecule has 1 aliphatic carbocycles. The van der Waals surface area contributed by atoms with Crippen LogP contribution in [0.3, 0.4) is 0 Å². The van der Waals surface area contributed by atoms with Crippen molar-refractivity contribution in [2.45, 2.75) is 50.2 Å². The van der Waals surface area contributed by atoms with E-state index in [4.69, 9.17) is 16.3 Å². The number of piperidine rings is 1. The maximum atomic E-state index is 10.4. The zero-order valence-electron chi connectivity index (χ0n) is 18.0. The lowest BCUT2D eigenvalue weighted by atomic mass is 9.76. The summed E-state index contributed by atoms with van der Waals surface area (Å²) in [6.07, 6.45) is 1.63. The Balaban J connectivity index is 1.27. The fourth-order valence-corrected chi connectivity index (χ4v) is 5.87. The monoisotopic (exact) mass is 471 g/mol. The summed E-state index contributed by atoms with van der Waals surface area (Å²) in [6, 6.07) is 8.73. The Morgan fingerprint density at radius 2 is 1.76 bits per heavy atom. The maximum Gasteiger partial charge on any atom is 0.226 e. The number of halogens is 1. The molecule has 4 unspecified atom stereocenters. The van der Waals surface area contributed by atoms with Gasteiger partial charge in [-0.1, -0.05) is 24.3 Å². The Bertz CT molecular complexity index is 1170. The first kappa shape index (κ1) is 21.2. The van der Waals surface area contributed by atoms with Crippen molar-refractivity contribution in [1.82, 2.24) is 19.5 Å². The lowest BCUT2D eigenvalue weighted by Gasteiger charge is -2.40. The van der Waals surface area contributed by atoms with E-state index in [2.05, 4.69) is 44.1 Å². The van der Waals surface area contributed by atoms with Gasteiger partial charge in [-0.3, -0.25) is 4.57 Å². The van der Waals surface area contributed by atoms with Crippen LogP contribution in [0.5, 0.6) is 0 Å². The van der Waals surface area contributed by atoms with Crippen LogP contribution in [0.15, 0.2) is 30.6 Å². The molecule has 33 heavy (non-hydrogen) atoms. The van der Waals surface area contributed by atoms with Crippen molar-refractivity contribution in [1.29, 1.82) is 0 Å². The molecule has 6 rings (SSSR count). The molecular formula is C23H26ClN5O4. The molecule has 1 aromatic carbocycles. The standard InChI is InChI=1S/C23H26ClN5O4/c24-22-26-19(28-7-5-23(6-8-28)9-13-3-1-2-4-14(13)10-23)16-20(27-22)29(12-25-16)21-18(32)17(31)15(11-30)33-21/h1-4,12,15,17-18,21,30-32H,5-11H2. The summed E-state index contributed by atoms with van der Waals surface area (Å²) in [5, 5.41) is 30.1. The molecular weight excluding hydrogens is 446 g/mol. The first-order valence-electron chi connectivity index (χ1n) is 11.3. The van der Waals surface area contributed by atoms with Gasteiger partial charge in [-0.05, 0) is 53.8 Å². The first-order chi connectivity index (χ1) is 16.0. The molecule has 2 aromatic heterocycles. The van der Waals surface area contributed by atoms with Crippen molar-refractivity contribution in [2.75, 3.05) is 24.6 Å². The van der Waals surface area contributed by atoms with Crippen LogP contribution in [-0.2, 0) is 17.6 Å². The van der Waals surface area contributed by atoms with Crippen molar-refractivity contribution in [2.24, 2.45) is 5.41 Å². The zero-order chi connectivity index (χ0) is 22.7. The predicted octanol–water partition coefficient (Wildman–Crippen LogP) is 1.48. The Morgan fingerprint density at radius 1 is 1.06 bits per heavy atom. The highest BCUT2D eigenvalue weighted by molar-refractivity contribution is 6.28. The molecule has 0 saturated carbocycles. The van der Waals surface area contributed by atoms with Crippen molar-refractivity contribution in [3.05, 3.63) is 47.0 Å². The topological polar surface area (TPSA) is 117 Å². The molecule has 4 heterocycles. The van der Waals surface area contributed by atoms with E-state index in [1.54, 1.807) is 4.57 Å². The van der Waals surface area contributed by atoms with Gasteiger partial charge in [0.2, 0.25) is 5.28 Å². The minimum atomic E-state index is -1.23. The molecule has 0 bridgehead atoms. The van der Waals surface area contributed by atoms with Gasteiger partial charge in [0.25, 0.3) is 0 Å². The maximum absolute atomic E-state index is 10.4. The van der Waals surface area contributed by atoms with Crippen molar-refractivity contribution >= 4 is 28.6 Å². The Hall–Kier alpha value is -2.30. The fraction of sp³-hybridized carbons (Fsp3) is 0.522. The third kappa shape index (κ3) is 3.41. The molecule has 10 heteroatoms. The summed E-state index contributed by atoms with van der Waals surface area (Å²) >= 11 is 6.30. The molecule has 9 nitrogen and oxygen atoms in total. The number of fused-ring (bicyclic) bond motifs is 2. The number of benzene rings is 1. The quantitative estimate of drug-likeness (QED) is 0.492. The highest BCUT2D eigenvalue weighted by atomic mass is 35.5. The lowest BCUT2D eigenvalue weighted by Crippen LogP contribution is -2.41. The summed E-state index contributed by atoms with van der Waals surface area (Å²) in [4.78, 5) is 15.6. The number of aliphatic hydroxyl groups is 3. The second-order valence-corrected chi connectivity index (χ2v) is 9.82. The normalized spacial score (nSPS) is 28.7. The van der Waals surface area contributed by atoms with Crippen LogP contribution < -0.4 is 4.90 Å². The van der Waals surface area contributed by atoms with Gasteiger partial charge in [0.05, 0.1) is 12.9 Å². The molecule has 0 radical (unpaired) electrons. The van der Waals surface area contributed by atoms with Crippen LogP contribution in [0.4, 0.5) is 5.82 Å². The average Bonchev–Trinajstić information content (AvgIpc) is 3.47. The molecule has 2 aliphatic heterocycles. The van der Waals surface area contributed by atoms with Gasteiger partial charge in [0, 0.05) is 13.1 Å². The number of nitrogens with zero attached hydrogens (tertiary/aromatic N) is 5. The molecule has 3 aromatic rings. The minimum Gasteiger partial charge on any atom is -0.394 e. The number of aromatic nitrogens is 4. The molecule has 3 N–H and O–H groups in total. The SMILES string of the molecule is OCC1OC(n2cnc3c(N4CCC5(CC4)Cc4ccccc4C5)nc(Cl)nc32)C(O)C1O. The van der Waals surface area contributed by atoms with Gasteiger partial charge >= 0.3 is 0 Å². The zero-order valence-corrected chi connectivity index (χ0v) is 18.8. The highest BCUT2D eigenvalue weighted by Crippen LogP contribution is 2.45. The number of hydrogen-bond acceptors (Lipinski definition) is 8. The molecule has 4 atom stereocenters. The van der Waals surface area contributed by atoms with Crippen LogP contribution in [0, 0.1) is 5.41 Å². The van der Waals surface area contributed by atoms with Gasteiger partial charge in [-0.15, -0.1) is 0 Å². The van der Waals surface area contributed by atoms with E-state index < -0.39 is 31.1 Å². The van der Waals surface area contributed by atoms with E-state index in [0.29, 0.717) is 22.4 Å². The summed E-state index contributed by atoms with van der Waals surface area (Å²) < 4.78 is 7.21. The lowest BCUT2D eigenvalue weighted by molar-refractivity contribution is -0.0511. The number of anilines is 1. The molecule has 174 valence electrons. The second-order valence-electron chi connectivity index (χ2n) is 9.48. The Labute approximate surface area is 195 Å². The molecule has 2 saturated heterocycles. The van der Waals surface area contributed by atoms with Crippen LogP contribution >= 0.6 is 11.6 Å². The van der Waals surface area contributed by atoms with Crippen LogP contribution in [0.1, 0.15) is 30.2 Å². The predicted molar refractivity (Wildman–Crippen MR) is 121 cm³/mol. The van der Waals surface area contributed by atoms with Crippen LogP contribution in [0.25, 0.3) is 11.2 Å². The molecule has 2 fully saturated rings. The van der Waals surface area contributed by atoms with Crippen molar-refractivity contribution in [3.63, 3.8) is 0 Å². The summed E-state index contributed by atoms with van der Waals surface area (Å²) in [5.41, 5.74) is 4.23. The van der Waals surface area contributed by atoms with Crippen molar-refractivity contribution < 1.29 is 20.1 Å². The fourth-order valence-electron chi connectivity index (χ4n) is 5.71. The van der Waals surface area contributed by atoms with E-state index in [0.717, 1.165) is 38.8 Å². The number of ether oxygens (including phenoxy) is 1. The summed E-state index contributed by atoms with van der Waals surface area (Å²) in [5.74, 6) is 0.667. The third-order valence-corrected chi connectivity index (χ3v) is 7.71. The minimum absolute atomic E-state index is 0.0829. The smallest absolute Gasteiger partial charge is 0.226 e. The van der Waals surface area contributed by atoms with Gasteiger partial charge in [-0.25, -0.2) is 4.98 Å². The first-order valence-corrected chi connectivity index (χ1v) is 11.7. The number of rotatable bonds is 3. The largest absolute Gasteiger partial charge is 0.394 e. The van der Waals surface area contributed by atoms with E-state index in [1.165, 1.54) is 17.5 Å². The average molecular weight is 472 g/mol. The number of aliphatic hydroxyl groups excluding tert-OH is 3. The molecule has 0 amide bonds. The van der Waals surface area contributed by atoms with Gasteiger partial charge in [0.15, 0.2) is 23.2 Å². The summed E-state index contributed by atoms with van der Waals surface area (Å²) in [7, 11) is 0. The Morgan fingerprint density at radius 3 is 2.39 bits per heavy atom. The van der Waals surface area contributed by atoms with Crippen LogP contribution in [0.2, 0.25) is 5.28 Å². The number of hydrogen-bond donors (Lipinski definition) is 3. The van der Waals surface area contributed by atoms with Gasteiger partial charge < -0.3 is 25.0 Å². The molecule has 3 aliphatic rings. The third-order valence-electron chi connectivity index (χ3n) is 7.54. The van der Waals surface area contributed by atoms with E-state index in [9.17, 15) is 15.3 Å². The van der Waals surface area contributed by atoms with E-state index in [1.807, 2.05) is 0 Å². The summed E-state index contributed by atoms with van der Waals surface area (Å²) in [6.45, 7) is 1.29. The highest BCUT2D eigenvalue weighted by Gasteiger charge is 2.44. The van der Waals surface area contributed by atoms with Gasteiger partial charge in [-0.2, -0.15) is 9.97 Å². The van der Waals surface area contributed by atoms with E-state index in [-0.39, 0.29) is 5.28 Å². The molecule has 1 spiro atoms.